The van der Waals surface area contributed by atoms with Crippen molar-refractivity contribution in [3.8, 4) is 17.2 Å². The summed E-state index contributed by atoms with van der Waals surface area (Å²) in [6.07, 6.45) is 4.33. The molecule has 1 saturated heterocycles. The van der Waals surface area contributed by atoms with Crippen molar-refractivity contribution in [2.24, 2.45) is 0 Å². The molecule has 1 saturated carbocycles. The van der Waals surface area contributed by atoms with Gasteiger partial charge in [0.1, 0.15) is 17.2 Å². The normalized spacial score (nSPS) is 18.5. The minimum absolute atomic E-state index is 0.00906. The van der Waals surface area contributed by atoms with Crippen molar-refractivity contribution in [1.29, 1.82) is 0 Å². The Labute approximate surface area is 172 Å². The number of sulfonamides is 1. The van der Waals surface area contributed by atoms with Gasteiger partial charge >= 0.3 is 0 Å². The molecule has 29 heavy (non-hydrogen) atoms. The van der Waals surface area contributed by atoms with E-state index in [4.69, 9.17) is 9.47 Å². The smallest absolute Gasteiger partial charge is 0.240 e. The summed E-state index contributed by atoms with van der Waals surface area (Å²) < 4.78 is 39.5. The molecule has 1 heterocycles. The van der Waals surface area contributed by atoms with Gasteiger partial charge in [-0.15, -0.1) is 0 Å². The second-order valence-corrected chi connectivity index (χ2v) is 9.35. The van der Waals surface area contributed by atoms with Gasteiger partial charge in [0.05, 0.1) is 11.5 Å². The molecule has 0 aromatic heterocycles. The van der Waals surface area contributed by atoms with E-state index in [0.29, 0.717) is 18.1 Å². The Balaban J connectivity index is 1.33. The predicted molar refractivity (Wildman–Crippen MR) is 112 cm³/mol. The van der Waals surface area contributed by atoms with Crippen LogP contribution in [-0.4, -0.2) is 45.1 Å². The summed E-state index contributed by atoms with van der Waals surface area (Å²) in [6.45, 7) is 4.51. The Kier molecular flexibility index (Phi) is 6.08. The average Bonchev–Trinajstić information content (AvgIpc) is 3.56. The molecule has 0 atom stereocenters. The van der Waals surface area contributed by atoms with Crippen LogP contribution < -0.4 is 14.2 Å². The molecule has 2 aromatic carbocycles. The van der Waals surface area contributed by atoms with Crippen LogP contribution in [-0.2, 0) is 10.0 Å². The first-order valence-corrected chi connectivity index (χ1v) is 11.8. The Morgan fingerprint density at radius 2 is 1.45 bits per heavy atom. The predicted octanol–water partition coefficient (Wildman–Crippen LogP) is 3.78. The fourth-order valence-corrected chi connectivity index (χ4v) is 5.01. The van der Waals surface area contributed by atoms with Crippen LogP contribution in [0.4, 0.5) is 0 Å². The summed E-state index contributed by atoms with van der Waals surface area (Å²) in [7, 11) is -3.52. The molecule has 1 aliphatic heterocycles. The van der Waals surface area contributed by atoms with Gasteiger partial charge in [0, 0.05) is 12.1 Å². The van der Waals surface area contributed by atoms with E-state index in [1.165, 1.54) is 12.8 Å². The lowest BCUT2D eigenvalue weighted by Crippen LogP contribution is -2.45. The summed E-state index contributed by atoms with van der Waals surface area (Å²) in [5.74, 6) is 2.05. The van der Waals surface area contributed by atoms with Gasteiger partial charge in [-0.2, -0.15) is 0 Å². The van der Waals surface area contributed by atoms with E-state index in [1.54, 1.807) is 24.3 Å². The highest BCUT2D eigenvalue weighted by Gasteiger charge is 2.33. The molecule has 1 N–H and O–H groups in total. The minimum Gasteiger partial charge on any atom is -0.494 e. The van der Waals surface area contributed by atoms with Crippen LogP contribution >= 0.6 is 0 Å². The zero-order valence-electron chi connectivity index (χ0n) is 16.7. The van der Waals surface area contributed by atoms with Gasteiger partial charge in [0.25, 0.3) is 0 Å². The van der Waals surface area contributed by atoms with Gasteiger partial charge in [-0.3, -0.25) is 0 Å². The van der Waals surface area contributed by atoms with Crippen LogP contribution in [0.5, 0.6) is 17.2 Å². The molecule has 7 heteroatoms. The summed E-state index contributed by atoms with van der Waals surface area (Å²) in [5, 5.41) is 0. The molecule has 0 bridgehead atoms. The first-order chi connectivity index (χ1) is 14.0. The molecule has 1 aliphatic carbocycles. The van der Waals surface area contributed by atoms with E-state index in [2.05, 4.69) is 9.62 Å². The standard InChI is InChI=1S/C22H28N2O4S/c1-2-27-19-5-7-20(8-6-19)28-21-9-11-22(12-10-21)29(25,26)23-17-13-15-24(16-14-17)18-3-4-18/h5-12,17-18,23H,2-4,13-16H2,1H3. The number of rotatable bonds is 8. The van der Waals surface area contributed by atoms with E-state index in [9.17, 15) is 8.42 Å². The molecule has 6 nitrogen and oxygen atoms in total. The van der Waals surface area contributed by atoms with Crippen molar-refractivity contribution < 1.29 is 17.9 Å². The molecule has 4 rings (SSSR count). The largest absolute Gasteiger partial charge is 0.494 e. The van der Waals surface area contributed by atoms with Gasteiger partial charge in [-0.1, -0.05) is 0 Å². The lowest BCUT2D eigenvalue weighted by Gasteiger charge is -2.32. The molecule has 2 aliphatic rings. The Morgan fingerprint density at radius 3 is 2.00 bits per heavy atom. The molecule has 0 unspecified atom stereocenters. The van der Waals surface area contributed by atoms with Crippen LogP contribution in [0.25, 0.3) is 0 Å². The van der Waals surface area contributed by atoms with Gasteiger partial charge in [-0.05, 0) is 94.2 Å². The van der Waals surface area contributed by atoms with Crippen LogP contribution in [0.3, 0.4) is 0 Å². The summed E-state index contributed by atoms with van der Waals surface area (Å²) in [6, 6.07) is 14.6. The summed E-state index contributed by atoms with van der Waals surface area (Å²) in [4.78, 5) is 2.75. The minimum atomic E-state index is -3.52. The van der Waals surface area contributed by atoms with E-state index < -0.39 is 10.0 Å². The van der Waals surface area contributed by atoms with E-state index in [1.807, 2.05) is 31.2 Å². The maximum Gasteiger partial charge on any atom is 0.240 e. The molecule has 156 valence electrons. The summed E-state index contributed by atoms with van der Waals surface area (Å²) >= 11 is 0. The number of hydrogen-bond acceptors (Lipinski definition) is 5. The van der Waals surface area contributed by atoms with Crippen LogP contribution in [0.2, 0.25) is 0 Å². The number of nitrogens with zero attached hydrogens (tertiary/aromatic N) is 1. The lowest BCUT2D eigenvalue weighted by molar-refractivity contribution is 0.199. The summed E-state index contributed by atoms with van der Waals surface area (Å²) in [5.41, 5.74) is 0. The van der Waals surface area contributed by atoms with Crippen molar-refractivity contribution in [3.05, 3.63) is 48.5 Å². The van der Waals surface area contributed by atoms with Crippen molar-refractivity contribution >= 4 is 10.0 Å². The number of benzene rings is 2. The fraction of sp³-hybridized carbons (Fsp3) is 0.455. The highest BCUT2D eigenvalue weighted by Crippen LogP contribution is 2.30. The Hall–Kier alpha value is -2.09. The number of nitrogens with one attached hydrogen (secondary N) is 1. The quantitative estimate of drug-likeness (QED) is 0.709. The Bertz CT molecular complexity index is 901. The number of ether oxygens (including phenoxy) is 2. The molecule has 0 amide bonds. The monoisotopic (exact) mass is 416 g/mol. The third kappa shape index (κ3) is 5.29. The zero-order chi connectivity index (χ0) is 20.3. The van der Waals surface area contributed by atoms with Crippen LogP contribution in [0.1, 0.15) is 32.6 Å². The van der Waals surface area contributed by atoms with E-state index >= 15 is 0 Å². The molecule has 0 spiro atoms. The average molecular weight is 417 g/mol. The highest BCUT2D eigenvalue weighted by molar-refractivity contribution is 7.89. The zero-order valence-corrected chi connectivity index (χ0v) is 17.5. The number of hydrogen-bond donors (Lipinski definition) is 1. The second kappa shape index (κ2) is 8.73. The Morgan fingerprint density at radius 1 is 0.897 bits per heavy atom. The molecule has 2 fully saturated rings. The van der Waals surface area contributed by atoms with Gasteiger partial charge in [-0.25, -0.2) is 13.1 Å². The molecular formula is C22H28N2O4S. The third-order valence-electron chi connectivity index (χ3n) is 5.42. The molecule has 0 radical (unpaired) electrons. The van der Waals surface area contributed by atoms with Gasteiger partial charge < -0.3 is 14.4 Å². The first kappa shape index (κ1) is 20.2. The van der Waals surface area contributed by atoms with Crippen LogP contribution in [0.15, 0.2) is 53.4 Å². The number of piperidine rings is 1. The van der Waals surface area contributed by atoms with Gasteiger partial charge in [0.2, 0.25) is 10.0 Å². The molecule has 2 aromatic rings. The van der Waals surface area contributed by atoms with Crippen LogP contribution in [0, 0.1) is 0 Å². The van der Waals surface area contributed by atoms with Crippen molar-refractivity contribution in [1.82, 2.24) is 9.62 Å². The fourth-order valence-electron chi connectivity index (χ4n) is 3.70. The maximum absolute atomic E-state index is 12.7. The lowest BCUT2D eigenvalue weighted by atomic mass is 10.1. The number of likely N-dealkylation sites (tertiary alicyclic amines) is 1. The maximum atomic E-state index is 12.7. The van der Waals surface area contributed by atoms with Crippen molar-refractivity contribution in [2.45, 2.75) is 49.6 Å². The third-order valence-corrected chi connectivity index (χ3v) is 6.96. The second-order valence-electron chi connectivity index (χ2n) is 7.64. The first-order valence-electron chi connectivity index (χ1n) is 10.3. The topological polar surface area (TPSA) is 67.9 Å². The highest BCUT2D eigenvalue weighted by atomic mass is 32.2. The van der Waals surface area contributed by atoms with E-state index in [-0.39, 0.29) is 10.9 Å². The van der Waals surface area contributed by atoms with Gasteiger partial charge in [0.15, 0.2) is 0 Å². The van der Waals surface area contributed by atoms with Crippen molar-refractivity contribution in [3.63, 3.8) is 0 Å². The SMILES string of the molecule is CCOc1ccc(Oc2ccc(S(=O)(=O)NC3CCN(C4CC4)CC3)cc2)cc1. The molecular weight excluding hydrogens is 388 g/mol. The van der Waals surface area contributed by atoms with Crippen molar-refractivity contribution in [2.75, 3.05) is 19.7 Å². The van der Waals surface area contributed by atoms with E-state index in [0.717, 1.165) is 37.7 Å².